The summed E-state index contributed by atoms with van der Waals surface area (Å²) in [5.74, 6) is -0.401. The minimum Gasteiger partial charge on any atom is -0.464 e. The van der Waals surface area contributed by atoms with Crippen LogP contribution in [-0.4, -0.2) is 46.5 Å². The van der Waals surface area contributed by atoms with Crippen LogP contribution in [0.4, 0.5) is 5.69 Å². The molecule has 7 nitrogen and oxygen atoms in total. The number of nitrogens with one attached hydrogen (secondary N) is 2. The predicted octanol–water partition coefficient (Wildman–Crippen LogP) is 1.81. The molecule has 2 amide bonds. The van der Waals surface area contributed by atoms with Crippen LogP contribution in [0.15, 0.2) is 18.2 Å². The zero-order chi connectivity index (χ0) is 19.7. The molecule has 2 heterocycles. The van der Waals surface area contributed by atoms with Crippen LogP contribution < -0.4 is 10.6 Å². The van der Waals surface area contributed by atoms with Crippen LogP contribution >= 0.6 is 23.4 Å². The summed E-state index contributed by atoms with van der Waals surface area (Å²) in [7, 11) is 0. The Morgan fingerprint density at radius 1 is 1.37 bits per heavy atom. The second-order valence-corrected chi connectivity index (χ2v) is 8.25. The lowest BCUT2D eigenvalue weighted by molar-refractivity contribution is -0.155. The Kier molecular flexibility index (Phi) is 5.69. The number of thioether (sulfide) groups is 1. The van der Waals surface area contributed by atoms with Crippen molar-refractivity contribution in [2.45, 2.75) is 37.3 Å². The van der Waals surface area contributed by atoms with Gasteiger partial charge in [0.25, 0.3) is 5.91 Å². The summed E-state index contributed by atoms with van der Waals surface area (Å²) < 4.78 is 5.15. The van der Waals surface area contributed by atoms with Crippen LogP contribution in [-0.2, 0) is 24.7 Å². The monoisotopic (exact) mass is 412 g/mol. The van der Waals surface area contributed by atoms with Crippen molar-refractivity contribution in [1.82, 2.24) is 5.32 Å². The maximum Gasteiger partial charge on any atom is 0.331 e. The van der Waals surface area contributed by atoms with Gasteiger partial charge in [-0.25, -0.2) is 4.79 Å². The summed E-state index contributed by atoms with van der Waals surface area (Å²) in [5, 5.41) is 16.4. The quantitative estimate of drug-likeness (QED) is 0.637. The number of aliphatic hydroxyl groups is 1. The van der Waals surface area contributed by atoms with Crippen molar-refractivity contribution >= 4 is 46.8 Å². The van der Waals surface area contributed by atoms with Crippen LogP contribution in [0.5, 0.6) is 0 Å². The molecular weight excluding hydrogens is 392 g/mol. The number of benzene rings is 1. The molecule has 1 aromatic carbocycles. The predicted molar refractivity (Wildman–Crippen MR) is 103 cm³/mol. The van der Waals surface area contributed by atoms with Gasteiger partial charge in [-0.05, 0) is 43.4 Å². The number of hydrogen-bond acceptors (Lipinski definition) is 6. The Labute approximate surface area is 166 Å². The van der Waals surface area contributed by atoms with Crippen molar-refractivity contribution in [2.24, 2.45) is 0 Å². The third-order valence-electron chi connectivity index (χ3n) is 4.86. The van der Waals surface area contributed by atoms with E-state index in [1.165, 1.54) is 0 Å². The second kappa shape index (κ2) is 7.69. The number of halogens is 1. The zero-order valence-electron chi connectivity index (χ0n) is 14.8. The normalized spacial score (nSPS) is 23.3. The Bertz CT molecular complexity index is 781. The molecule has 0 spiro atoms. The molecule has 1 saturated heterocycles. The minimum absolute atomic E-state index is 0.177. The molecule has 3 N–H and O–H groups in total. The van der Waals surface area contributed by atoms with Gasteiger partial charge in [0.2, 0.25) is 5.91 Å². The van der Waals surface area contributed by atoms with Crippen LogP contribution in [0.3, 0.4) is 0 Å². The van der Waals surface area contributed by atoms with Gasteiger partial charge in [0.1, 0.15) is 5.54 Å². The Hall–Kier alpha value is -1.77. The van der Waals surface area contributed by atoms with E-state index in [4.69, 9.17) is 16.3 Å². The van der Waals surface area contributed by atoms with Crippen molar-refractivity contribution in [1.29, 1.82) is 0 Å². The van der Waals surface area contributed by atoms with E-state index >= 15 is 0 Å². The summed E-state index contributed by atoms with van der Waals surface area (Å²) >= 11 is 7.85. The first kappa shape index (κ1) is 20.0. The molecule has 27 heavy (non-hydrogen) atoms. The molecule has 0 aromatic heterocycles. The number of ether oxygens (including phenoxy) is 1. The van der Waals surface area contributed by atoms with Gasteiger partial charge >= 0.3 is 5.97 Å². The van der Waals surface area contributed by atoms with Crippen LogP contribution in [0.25, 0.3) is 0 Å². The third-order valence-corrected chi connectivity index (χ3v) is 6.16. The summed E-state index contributed by atoms with van der Waals surface area (Å²) in [6.45, 7) is 1.91. The fourth-order valence-electron chi connectivity index (χ4n) is 3.47. The number of hydrogen-bond donors (Lipinski definition) is 3. The van der Waals surface area contributed by atoms with Gasteiger partial charge in [-0.2, -0.15) is 11.8 Å². The Morgan fingerprint density at radius 2 is 2.07 bits per heavy atom. The SMILES string of the molecule is CCOC(=O)C1(NC(=O)CC2(O)C(=O)Nc3cccc(Cl)c32)CCSCC1. The summed E-state index contributed by atoms with van der Waals surface area (Å²) in [4.78, 5) is 37.6. The maximum absolute atomic E-state index is 12.7. The fraction of sp³-hybridized carbons (Fsp3) is 0.500. The molecule has 0 radical (unpaired) electrons. The molecule has 0 saturated carbocycles. The molecule has 3 rings (SSSR count). The zero-order valence-corrected chi connectivity index (χ0v) is 16.4. The first-order valence-electron chi connectivity index (χ1n) is 8.71. The highest BCUT2D eigenvalue weighted by Crippen LogP contribution is 2.42. The molecule has 2 aliphatic heterocycles. The maximum atomic E-state index is 12.7. The van der Waals surface area contributed by atoms with Gasteiger partial charge in [-0.3, -0.25) is 9.59 Å². The number of carbonyl (C=O) groups excluding carboxylic acids is 3. The lowest BCUT2D eigenvalue weighted by Gasteiger charge is -2.36. The molecule has 0 bridgehead atoms. The van der Waals surface area contributed by atoms with E-state index in [9.17, 15) is 19.5 Å². The number of carbonyl (C=O) groups is 3. The van der Waals surface area contributed by atoms with Crippen LogP contribution in [0, 0.1) is 0 Å². The highest BCUT2D eigenvalue weighted by atomic mass is 35.5. The van der Waals surface area contributed by atoms with Gasteiger partial charge in [0, 0.05) is 16.3 Å². The molecule has 9 heteroatoms. The van der Waals surface area contributed by atoms with E-state index in [1.54, 1.807) is 36.9 Å². The lowest BCUT2D eigenvalue weighted by Crippen LogP contribution is -2.58. The van der Waals surface area contributed by atoms with Gasteiger partial charge < -0.3 is 20.5 Å². The van der Waals surface area contributed by atoms with Gasteiger partial charge in [0.15, 0.2) is 5.60 Å². The summed E-state index contributed by atoms with van der Waals surface area (Å²) in [5.41, 5.74) is -2.67. The van der Waals surface area contributed by atoms with E-state index < -0.39 is 35.3 Å². The van der Waals surface area contributed by atoms with E-state index in [1.807, 2.05) is 0 Å². The van der Waals surface area contributed by atoms with Crippen LogP contribution in [0.1, 0.15) is 31.7 Å². The molecule has 1 fully saturated rings. The topological polar surface area (TPSA) is 105 Å². The van der Waals surface area contributed by atoms with Gasteiger partial charge in [0.05, 0.1) is 13.0 Å². The summed E-state index contributed by atoms with van der Waals surface area (Å²) in [6, 6.07) is 4.79. The highest BCUT2D eigenvalue weighted by molar-refractivity contribution is 7.99. The van der Waals surface area contributed by atoms with E-state index in [0.717, 1.165) is 0 Å². The van der Waals surface area contributed by atoms with Gasteiger partial charge in [-0.15, -0.1) is 0 Å². The average molecular weight is 413 g/mol. The molecule has 146 valence electrons. The number of fused-ring (bicyclic) bond motifs is 1. The van der Waals surface area contributed by atoms with Crippen molar-refractivity contribution in [3.63, 3.8) is 0 Å². The average Bonchev–Trinajstić information content (AvgIpc) is 2.87. The molecule has 0 aliphatic carbocycles. The second-order valence-electron chi connectivity index (χ2n) is 6.62. The third kappa shape index (κ3) is 3.66. The highest BCUT2D eigenvalue weighted by Gasteiger charge is 2.50. The van der Waals surface area contributed by atoms with Crippen molar-refractivity contribution in [3.8, 4) is 0 Å². The Balaban J connectivity index is 1.82. The van der Waals surface area contributed by atoms with E-state index in [0.29, 0.717) is 30.0 Å². The molecular formula is C18H21ClN2O5S. The molecule has 1 aromatic rings. The number of anilines is 1. The minimum atomic E-state index is -2.09. The van der Waals surface area contributed by atoms with Crippen molar-refractivity contribution in [3.05, 3.63) is 28.8 Å². The standard InChI is InChI=1S/C18H21ClN2O5S/c1-2-26-16(24)17(6-8-27-9-7-17)21-13(22)10-18(25)14-11(19)4-3-5-12(14)20-15(18)23/h3-5,25H,2,6-10H2,1H3,(H,20,23)(H,21,22). The number of rotatable bonds is 5. The first-order valence-corrected chi connectivity index (χ1v) is 10.2. The lowest BCUT2D eigenvalue weighted by atomic mass is 9.88. The molecule has 2 aliphatic rings. The largest absolute Gasteiger partial charge is 0.464 e. The number of esters is 1. The van der Waals surface area contributed by atoms with Crippen molar-refractivity contribution in [2.75, 3.05) is 23.4 Å². The van der Waals surface area contributed by atoms with E-state index in [-0.39, 0.29) is 17.2 Å². The van der Waals surface area contributed by atoms with Gasteiger partial charge in [-0.1, -0.05) is 17.7 Å². The molecule has 1 unspecified atom stereocenters. The van der Waals surface area contributed by atoms with E-state index in [2.05, 4.69) is 10.6 Å². The Morgan fingerprint density at radius 3 is 2.74 bits per heavy atom. The fourth-order valence-corrected chi connectivity index (χ4v) is 4.99. The first-order chi connectivity index (χ1) is 12.8. The van der Waals surface area contributed by atoms with Crippen LogP contribution in [0.2, 0.25) is 5.02 Å². The molecule has 1 atom stereocenters. The smallest absolute Gasteiger partial charge is 0.331 e. The number of amides is 2. The summed E-state index contributed by atoms with van der Waals surface area (Å²) in [6.07, 6.45) is 0.332. The van der Waals surface area contributed by atoms with Crippen molar-refractivity contribution < 1.29 is 24.2 Å².